The summed E-state index contributed by atoms with van der Waals surface area (Å²) in [6, 6.07) is 11.2. The SMILES string of the molecule is C[C@H](NC(=O)[C@@H]1C[C@@H]2CC[C@@H]1C[C@@]21NC(=O)c2ccccc2O1)c1ccncc1. The van der Waals surface area contributed by atoms with Crippen molar-refractivity contribution >= 4 is 11.8 Å². The van der Waals surface area contributed by atoms with Crippen LogP contribution in [0.25, 0.3) is 0 Å². The molecule has 5 atom stereocenters. The highest BCUT2D eigenvalue weighted by Gasteiger charge is 2.57. The number of hydrogen-bond acceptors (Lipinski definition) is 4. The number of nitrogens with one attached hydrogen (secondary N) is 2. The van der Waals surface area contributed by atoms with E-state index < -0.39 is 5.72 Å². The Morgan fingerprint density at radius 1 is 1.24 bits per heavy atom. The second-order valence-electron chi connectivity index (χ2n) is 8.53. The molecule has 2 amide bonds. The highest BCUT2D eigenvalue weighted by molar-refractivity contribution is 5.98. The zero-order valence-electron chi connectivity index (χ0n) is 16.4. The molecule has 0 radical (unpaired) electrons. The maximum atomic E-state index is 13.1. The van der Waals surface area contributed by atoms with Crippen LogP contribution in [-0.2, 0) is 4.79 Å². The van der Waals surface area contributed by atoms with Crippen LogP contribution in [0.1, 0.15) is 54.6 Å². The van der Waals surface area contributed by atoms with E-state index in [9.17, 15) is 9.59 Å². The Labute approximate surface area is 170 Å². The summed E-state index contributed by atoms with van der Waals surface area (Å²) < 4.78 is 6.37. The van der Waals surface area contributed by atoms with Crippen molar-refractivity contribution in [2.75, 3.05) is 0 Å². The van der Waals surface area contributed by atoms with E-state index in [1.54, 1.807) is 18.5 Å². The summed E-state index contributed by atoms with van der Waals surface area (Å²) in [6.45, 7) is 2.00. The molecule has 3 aliphatic carbocycles. The fourth-order valence-electron chi connectivity index (χ4n) is 5.34. The molecule has 3 saturated carbocycles. The molecule has 3 fully saturated rings. The van der Waals surface area contributed by atoms with Crippen LogP contribution in [0.2, 0.25) is 0 Å². The predicted molar refractivity (Wildman–Crippen MR) is 107 cm³/mol. The molecule has 1 aromatic carbocycles. The fraction of sp³-hybridized carbons (Fsp3) is 0.435. The van der Waals surface area contributed by atoms with E-state index in [0.717, 1.165) is 24.8 Å². The fourth-order valence-corrected chi connectivity index (χ4v) is 5.34. The zero-order valence-corrected chi connectivity index (χ0v) is 16.4. The van der Waals surface area contributed by atoms with Crippen LogP contribution in [0, 0.1) is 17.8 Å². The normalized spacial score (nSPS) is 30.8. The van der Waals surface area contributed by atoms with Crippen molar-refractivity contribution in [3.05, 3.63) is 59.9 Å². The summed E-state index contributed by atoms with van der Waals surface area (Å²) in [6.07, 6.45) is 6.86. The molecule has 6 heteroatoms. The van der Waals surface area contributed by atoms with Crippen molar-refractivity contribution in [3.63, 3.8) is 0 Å². The van der Waals surface area contributed by atoms with Crippen LogP contribution in [-0.4, -0.2) is 22.5 Å². The maximum Gasteiger partial charge on any atom is 0.258 e. The van der Waals surface area contributed by atoms with Crippen LogP contribution >= 0.6 is 0 Å². The lowest BCUT2D eigenvalue weighted by Crippen LogP contribution is -2.66. The monoisotopic (exact) mass is 391 g/mol. The first kappa shape index (κ1) is 18.2. The molecular formula is C23H25N3O3. The summed E-state index contributed by atoms with van der Waals surface area (Å²) in [5.74, 6) is 0.970. The molecule has 1 aromatic heterocycles. The summed E-state index contributed by atoms with van der Waals surface area (Å²) in [4.78, 5) is 29.8. The Kier molecular flexibility index (Phi) is 4.30. The number of amides is 2. The van der Waals surface area contributed by atoms with Gasteiger partial charge < -0.3 is 15.4 Å². The Morgan fingerprint density at radius 3 is 2.79 bits per heavy atom. The number of ether oxygens (including phenoxy) is 1. The third-order valence-electron chi connectivity index (χ3n) is 6.87. The molecule has 2 aromatic rings. The molecule has 2 bridgehead atoms. The second-order valence-corrected chi connectivity index (χ2v) is 8.53. The third-order valence-corrected chi connectivity index (χ3v) is 6.87. The molecular weight excluding hydrogens is 366 g/mol. The number of nitrogens with zero attached hydrogens (tertiary/aromatic N) is 1. The van der Waals surface area contributed by atoms with E-state index in [-0.39, 0.29) is 35.6 Å². The maximum absolute atomic E-state index is 13.1. The standard InChI is InChI=1S/C23H25N3O3/c1-14(15-8-10-24-11-9-15)25-21(27)19-12-17-7-6-16(19)13-23(17)26-22(28)18-4-2-3-5-20(18)29-23/h2-5,8-11,14,16-17,19H,6-7,12-13H2,1H3,(H,25,27)(H,26,28)/t14-,16+,17-,19+,23-/m0/s1. The molecule has 0 saturated heterocycles. The zero-order chi connectivity index (χ0) is 20.0. The molecule has 0 unspecified atom stereocenters. The van der Waals surface area contributed by atoms with E-state index in [4.69, 9.17) is 4.74 Å². The highest BCUT2D eigenvalue weighted by Crippen LogP contribution is 2.52. The molecule has 4 aliphatic rings. The van der Waals surface area contributed by atoms with Gasteiger partial charge in [0.05, 0.1) is 11.6 Å². The Balaban J connectivity index is 1.32. The summed E-state index contributed by atoms with van der Waals surface area (Å²) in [5, 5.41) is 6.32. The number of para-hydroxylation sites is 1. The topological polar surface area (TPSA) is 80.3 Å². The van der Waals surface area contributed by atoms with Gasteiger partial charge in [-0.25, -0.2) is 0 Å². The van der Waals surface area contributed by atoms with E-state index in [1.807, 2.05) is 37.3 Å². The molecule has 1 spiro atoms. The van der Waals surface area contributed by atoms with Gasteiger partial charge in [-0.15, -0.1) is 0 Å². The van der Waals surface area contributed by atoms with E-state index in [2.05, 4.69) is 15.6 Å². The van der Waals surface area contributed by atoms with Gasteiger partial charge in [0.2, 0.25) is 5.91 Å². The number of benzene rings is 1. The Hall–Kier alpha value is -2.89. The number of aromatic nitrogens is 1. The van der Waals surface area contributed by atoms with Gasteiger partial charge in [0.1, 0.15) is 5.75 Å². The van der Waals surface area contributed by atoms with Crippen molar-refractivity contribution in [2.24, 2.45) is 17.8 Å². The number of carbonyl (C=O) groups excluding carboxylic acids is 2. The summed E-state index contributed by atoms with van der Waals surface area (Å²) >= 11 is 0. The average Bonchev–Trinajstić information content (AvgIpc) is 2.74. The van der Waals surface area contributed by atoms with Gasteiger partial charge in [-0.1, -0.05) is 12.1 Å². The quantitative estimate of drug-likeness (QED) is 0.842. The second kappa shape index (κ2) is 6.87. The van der Waals surface area contributed by atoms with E-state index >= 15 is 0 Å². The van der Waals surface area contributed by atoms with Crippen LogP contribution in [0.4, 0.5) is 0 Å². The largest absolute Gasteiger partial charge is 0.467 e. The highest BCUT2D eigenvalue weighted by atomic mass is 16.5. The molecule has 29 heavy (non-hydrogen) atoms. The smallest absolute Gasteiger partial charge is 0.258 e. The van der Waals surface area contributed by atoms with E-state index in [0.29, 0.717) is 17.7 Å². The van der Waals surface area contributed by atoms with Crippen molar-refractivity contribution < 1.29 is 14.3 Å². The predicted octanol–water partition coefficient (Wildman–Crippen LogP) is 3.21. The lowest BCUT2D eigenvalue weighted by Gasteiger charge is -2.55. The van der Waals surface area contributed by atoms with Crippen molar-refractivity contribution in [3.8, 4) is 5.75 Å². The van der Waals surface area contributed by atoms with E-state index in [1.165, 1.54) is 0 Å². The van der Waals surface area contributed by atoms with Gasteiger partial charge in [0, 0.05) is 30.7 Å². The third kappa shape index (κ3) is 3.07. The number of carbonyl (C=O) groups is 2. The Morgan fingerprint density at radius 2 is 2.03 bits per heavy atom. The number of rotatable bonds is 3. The van der Waals surface area contributed by atoms with Crippen LogP contribution in [0.5, 0.6) is 5.75 Å². The minimum absolute atomic E-state index is 0.0404. The van der Waals surface area contributed by atoms with Crippen LogP contribution in [0.15, 0.2) is 48.8 Å². The number of hydrogen-bond donors (Lipinski definition) is 2. The molecule has 150 valence electrons. The molecule has 6 nitrogen and oxygen atoms in total. The first-order valence-corrected chi connectivity index (χ1v) is 10.4. The van der Waals surface area contributed by atoms with Crippen molar-refractivity contribution in [2.45, 2.75) is 44.4 Å². The van der Waals surface area contributed by atoms with Gasteiger partial charge in [-0.2, -0.15) is 0 Å². The lowest BCUT2D eigenvalue weighted by molar-refractivity contribution is -0.147. The van der Waals surface area contributed by atoms with Gasteiger partial charge in [-0.05, 0) is 61.9 Å². The molecule has 6 rings (SSSR count). The molecule has 2 N–H and O–H groups in total. The summed E-state index contributed by atoms with van der Waals surface area (Å²) in [5.41, 5.74) is 0.951. The first-order valence-electron chi connectivity index (χ1n) is 10.4. The molecule has 2 heterocycles. The van der Waals surface area contributed by atoms with Crippen molar-refractivity contribution in [1.82, 2.24) is 15.6 Å². The van der Waals surface area contributed by atoms with Gasteiger partial charge in [0.25, 0.3) is 5.91 Å². The first-order chi connectivity index (χ1) is 14.1. The van der Waals surface area contributed by atoms with Crippen LogP contribution < -0.4 is 15.4 Å². The lowest BCUT2D eigenvalue weighted by atomic mass is 9.60. The average molecular weight is 391 g/mol. The van der Waals surface area contributed by atoms with Gasteiger partial charge in [0.15, 0.2) is 5.72 Å². The summed E-state index contributed by atoms with van der Waals surface area (Å²) in [7, 11) is 0. The van der Waals surface area contributed by atoms with Crippen LogP contribution in [0.3, 0.4) is 0 Å². The molecule has 1 aliphatic heterocycles. The minimum Gasteiger partial charge on any atom is -0.467 e. The number of pyridine rings is 1. The Bertz CT molecular complexity index is 947. The number of fused-ring (bicyclic) bond motifs is 3. The van der Waals surface area contributed by atoms with Crippen molar-refractivity contribution in [1.29, 1.82) is 0 Å². The van der Waals surface area contributed by atoms with Gasteiger partial charge in [-0.3, -0.25) is 14.6 Å². The van der Waals surface area contributed by atoms with Gasteiger partial charge >= 0.3 is 0 Å². The minimum atomic E-state index is -0.679.